The van der Waals surface area contributed by atoms with E-state index in [2.05, 4.69) is 10.1 Å². The van der Waals surface area contributed by atoms with Crippen LogP contribution in [0.2, 0.25) is 0 Å². The fourth-order valence-corrected chi connectivity index (χ4v) is 3.88. The molecule has 26 heavy (non-hydrogen) atoms. The number of aryl methyl sites for hydroxylation is 1. The average Bonchev–Trinajstić information content (AvgIpc) is 3.09. The number of likely N-dealkylation sites (N-methyl/N-ethyl adjacent to an activating group) is 1. The highest BCUT2D eigenvalue weighted by Gasteiger charge is 2.23. The van der Waals surface area contributed by atoms with Crippen LogP contribution in [0.3, 0.4) is 0 Å². The molecule has 1 heterocycles. The number of halogens is 1. The fraction of sp³-hybridized carbons (Fsp3) is 0.222. The third kappa shape index (κ3) is 3.66. The maximum Gasteiger partial charge on any atom is 0.260 e. The molecular weight excluding hydrogens is 357 g/mol. The zero-order valence-corrected chi connectivity index (χ0v) is 15.2. The van der Waals surface area contributed by atoms with Gasteiger partial charge in [-0.25, -0.2) is 17.1 Å². The number of sulfonamides is 1. The van der Waals surface area contributed by atoms with E-state index in [0.717, 1.165) is 0 Å². The van der Waals surface area contributed by atoms with Crippen molar-refractivity contribution in [2.45, 2.75) is 18.2 Å². The van der Waals surface area contributed by atoms with Gasteiger partial charge in [-0.15, -0.1) is 0 Å². The van der Waals surface area contributed by atoms with Gasteiger partial charge in [-0.3, -0.25) is 0 Å². The van der Waals surface area contributed by atoms with Crippen LogP contribution in [0.15, 0.2) is 57.9 Å². The van der Waals surface area contributed by atoms with Crippen LogP contribution >= 0.6 is 0 Å². The first-order valence-corrected chi connectivity index (χ1v) is 9.43. The maximum atomic E-state index is 13.8. The minimum absolute atomic E-state index is 0.0718. The Bertz CT molecular complexity index is 1020. The van der Waals surface area contributed by atoms with Crippen LogP contribution in [0.4, 0.5) is 4.39 Å². The average molecular weight is 375 g/mol. The van der Waals surface area contributed by atoms with Gasteiger partial charge >= 0.3 is 0 Å². The molecule has 0 spiro atoms. The Balaban J connectivity index is 1.72. The normalized spacial score (nSPS) is 11.8. The standard InChI is InChI=1S/C18H18FN3O3S/c1-13-7-3-6-10-16(13)26(23,24)22(2)12-11-17-20-18(25-21-17)14-8-4-5-9-15(14)19/h3-10H,11-12H2,1-2H3. The van der Waals surface area contributed by atoms with E-state index in [0.29, 0.717) is 11.4 Å². The van der Waals surface area contributed by atoms with E-state index in [-0.39, 0.29) is 29.3 Å². The minimum Gasteiger partial charge on any atom is -0.334 e. The Hall–Kier alpha value is -2.58. The third-order valence-electron chi connectivity index (χ3n) is 4.00. The lowest BCUT2D eigenvalue weighted by Gasteiger charge is -2.17. The molecule has 3 aromatic rings. The van der Waals surface area contributed by atoms with Gasteiger partial charge in [0.2, 0.25) is 10.0 Å². The second kappa shape index (κ2) is 7.35. The first-order valence-electron chi connectivity index (χ1n) is 7.99. The summed E-state index contributed by atoms with van der Waals surface area (Å²) in [5.41, 5.74) is 0.896. The van der Waals surface area contributed by atoms with E-state index in [1.165, 1.54) is 17.4 Å². The van der Waals surface area contributed by atoms with Crippen LogP contribution < -0.4 is 0 Å². The van der Waals surface area contributed by atoms with E-state index >= 15 is 0 Å². The van der Waals surface area contributed by atoms with E-state index in [9.17, 15) is 12.8 Å². The molecule has 8 heteroatoms. The molecule has 0 N–H and O–H groups in total. The van der Waals surface area contributed by atoms with Crippen LogP contribution in [0.5, 0.6) is 0 Å². The second-order valence-electron chi connectivity index (χ2n) is 5.84. The Morgan fingerprint density at radius 1 is 1.12 bits per heavy atom. The van der Waals surface area contributed by atoms with Crippen molar-refractivity contribution in [2.75, 3.05) is 13.6 Å². The number of aromatic nitrogens is 2. The summed E-state index contributed by atoms with van der Waals surface area (Å²) in [6, 6.07) is 12.9. The zero-order chi connectivity index (χ0) is 18.7. The molecule has 0 aliphatic carbocycles. The largest absolute Gasteiger partial charge is 0.334 e. The second-order valence-corrected chi connectivity index (χ2v) is 7.85. The summed E-state index contributed by atoms with van der Waals surface area (Å²) >= 11 is 0. The lowest BCUT2D eigenvalue weighted by molar-refractivity contribution is 0.413. The van der Waals surface area contributed by atoms with Crippen molar-refractivity contribution in [2.24, 2.45) is 0 Å². The van der Waals surface area contributed by atoms with Gasteiger partial charge in [0.15, 0.2) is 5.82 Å². The molecule has 0 atom stereocenters. The Morgan fingerprint density at radius 3 is 2.54 bits per heavy atom. The third-order valence-corrected chi connectivity index (χ3v) is 6.02. The van der Waals surface area contributed by atoms with Crippen LogP contribution in [0.25, 0.3) is 11.5 Å². The molecule has 0 aliphatic heterocycles. The van der Waals surface area contributed by atoms with E-state index in [1.54, 1.807) is 49.4 Å². The highest BCUT2D eigenvalue weighted by atomic mass is 32.2. The van der Waals surface area contributed by atoms with Gasteiger partial charge in [-0.1, -0.05) is 35.5 Å². The molecule has 0 radical (unpaired) electrons. The molecule has 2 aromatic carbocycles. The predicted octanol–water partition coefficient (Wildman–Crippen LogP) is 3.05. The molecule has 0 amide bonds. The molecule has 0 saturated heterocycles. The summed E-state index contributed by atoms with van der Waals surface area (Å²) in [4.78, 5) is 4.41. The van der Waals surface area contributed by atoms with Crippen LogP contribution in [0, 0.1) is 12.7 Å². The fourth-order valence-electron chi connectivity index (χ4n) is 2.49. The molecule has 0 bridgehead atoms. The number of hydrogen-bond donors (Lipinski definition) is 0. The van der Waals surface area contributed by atoms with Gasteiger partial charge < -0.3 is 4.52 Å². The highest BCUT2D eigenvalue weighted by Crippen LogP contribution is 2.21. The van der Waals surface area contributed by atoms with Crippen LogP contribution in [0.1, 0.15) is 11.4 Å². The highest BCUT2D eigenvalue weighted by molar-refractivity contribution is 7.89. The molecule has 1 aromatic heterocycles. The van der Waals surface area contributed by atoms with Crippen molar-refractivity contribution >= 4 is 10.0 Å². The summed E-state index contributed by atoms with van der Waals surface area (Å²) in [6.45, 7) is 1.92. The van der Waals surface area contributed by atoms with Gasteiger partial charge in [0.05, 0.1) is 10.5 Å². The topological polar surface area (TPSA) is 76.3 Å². The molecule has 6 nitrogen and oxygen atoms in total. The summed E-state index contributed by atoms with van der Waals surface area (Å²) in [7, 11) is -2.11. The molecule has 0 unspecified atom stereocenters. The first-order chi connectivity index (χ1) is 12.4. The van der Waals surface area contributed by atoms with Gasteiger partial charge in [0.1, 0.15) is 5.82 Å². The van der Waals surface area contributed by atoms with E-state index in [4.69, 9.17) is 4.52 Å². The number of nitrogens with zero attached hydrogens (tertiary/aromatic N) is 3. The van der Waals surface area contributed by atoms with Gasteiger partial charge in [0, 0.05) is 20.0 Å². The lowest BCUT2D eigenvalue weighted by Crippen LogP contribution is -2.29. The van der Waals surface area contributed by atoms with Crippen LogP contribution in [-0.2, 0) is 16.4 Å². The SMILES string of the molecule is Cc1ccccc1S(=O)(=O)N(C)CCc1noc(-c2ccccc2F)n1. The van der Waals surface area contributed by atoms with Crippen molar-refractivity contribution in [1.29, 1.82) is 0 Å². The lowest BCUT2D eigenvalue weighted by atomic mass is 10.2. The molecule has 0 fully saturated rings. The number of rotatable bonds is 6. The minimum atomic E-state index is -3.60. The molecular formula is C18H18FN3O3S. The van der Waals surface area contributed by atoms with Crippen molar-refractivity contribution in [3.63, 3.8) is 0 Å². The number of hydrogen-bond acceptors (Lipinski definition) is 5. The van der Waals surface area contributed by atoms with Crippen molar-refractivity contribution < 1.29 is 17.3 Å². The Morgan fingerprint density at radius 2 is 1.81 bits per heavy atom. The quantitative estimate of drug-likeness (QED) is 0.662. The Kier molecular flexibility index (Phi) is 5.15. The van der Waals surface area contributed by atoms with E-state index < -0.39 is 15.8 Å². The predicted molar refractivity (Wildman–Crippen MR) is 94.4 cm³/mol. The van der Waals surface area contributed by atoms with Crippen molar-refractivity contribution in [3.8, 4) is 11.5 Å². The molecule has 0 aliphatic rings. The monoisotopic (exact) mass is 375 g/mol. The van der Waals surface area contributed by atoms with Crippen LogP contribution in [-0.4, -0.2) is 36.5 Å². The van der Waals surface area contributed by atoms with Crippen molar-refractivity contribution in [1.82, 2.24) is 14.4 Å². The summed E-state index contributed by atoms with van der Waals surface area (Å²) < 4.78 is 45.4. The van der Waals surface area contributed by atoms with Gasteiger partial charge in [-0.2, -0.15) is 4.98 Å². The van der Waals surface area contributed by atoms with Gasteiger partial charge in [-0.05, 0) is 30.7 Å². The molecule has 3 rings (SSSR count). The first kappa shape index (κ1) is 18.2. The molecule has 136 valence electrons. The summed E-state index contributed by atoms with van der Waals surface area (Å²) in [5, 5.41) is 3.80. The molecule has 0 saturated carbocycles. The number of benzene rings is 2. The van der Waals surface area contributed by atoms with Gasteiger partial charge in [0.25, 0.3) is 5.89 Å². The zero-order valence-electron chi connectivity index (χ0n) is 14.4. The Labute approximate surface area is 151 Å². The smallest absolute Gasteiger partial charge is 0.260 e. The summed E-state index contributed by atoms with van der Waals surface area (Å²) in [6.07, 6.45) is 0.250. The maximum absolute atomic E-state index is 13.8. The van der Waals surface area contributed by atoms with Crippen molar-refractivity contribution in [3.05, 3.63) is 65.7 Å². The summed E-state index contributed by atoms with van der Waals surface area (Å²) in [5.74, 6) is -0.0699. The van der Waals surface area contributed by atoms with E-state index in [1.807, 2.05) is 0 Å².